The van der Waals surface area contributed by atoms with Crippen molar-refractivity contribution in [2.75, 3.05) is 20.8 Å². The highest BCUT2D eigenvalue weighted by molar-refractivity contribution is 5.78. The maximum Gasteiger partial charge on any atom is 0.224 e. The van der Waals surface area contributed by atoms with Crippen LogP contribution < -0.4 is 14.8 Å². The number of para-hydroxylation sites is 1. The molecule has 27 heavy (non-hydrogen) atoms. The van der Waals surface area contributed by atoms with E-state index >= 15 is 0 Å². The maximum absolute atomic E-state index is 12.2. The van der Waals surface area contributed by atoms with Crippen molar-refractivity contribution in [2.45, 2.75) is 12.8 Å². The zero-order valence-corrected chi connectivity index (χ0v) is 15.5. The van der Waals surface area contributed by atoms with Crippen LogP contribution in [0, 0.1) is 0 Å². The quantitative estimate of drug-likeness (QED) is 0.667. The second-order valence-electron chi connectivity index (χ2n) is 6.09. The number of rotatable bonds is 8. The van der Waals surface area contributed by atoms with Crippen LogP contribution in [0.3, 0.4) is 0 Å². The molecule has 3 aromatic rings. The van der Waals surface area contributed by atoms with E-state index < -0.39 is 0 Å². The number of methoxy groups -OCH3 is 2. The minimum Gasteiger partial charge on any atom is -0.493 e. The van der Waals surface area contributed by atoms with Crippen LogP contribution in [-0.2, 0) is 17.6 Å². The topological polar surface area (TPSA) is 65.4 Å². The molecule has 0 radical (unpaired) electrons. The summed E-state index contributed by atoms with van der Waals surface area (Å²) in [4.78, 5) is 12.2. The first-order chi connectivity index (χ1) is 13.2. The molecule has 0 unspecified atom stereocenters. The van der Waals surface area contributed by atoms with Crippen LogP contribution in [0.25, 0.3) is 5.69 Å². The van der Waals surface area contributed by atoms with Crippen molar-refractivity contribution in [1.29, 1.82) is 0 Å². The van der Waals surface area contributed by atoms with Crippen molar-refractivity contribution in [3.05, 3.63) is 72.1 Å². The van der Waals surface area contributed by atoms with Gasteiger partial charge in [-0.05, 0) is 41.8 Å². The van der Waals surface area contributed by atoms with Crippen LogP contribution in [0.1, 0.15) is 11.1 Å². The largest absolute Gasteiger partial charge is 0.493 e. The number of carbonyl (C=O) groups is 1. The highest BCUT2D eigenvalue weighted by atomic mass is 16.5. The van der Waals surface area contributed by atoms with E-state index in [0.29, 0.717) is 24.5 Å². The van der Waals surface area contributed by atoms with Crippen molar-refractivity contribution in [3.63, 3.8) is 0 Å². The molecular weight excluding hydrogens is 342 g/mol. The lowest BCUT2D eigenvalue weighted by molar-refractivity contribution is -0.120. The number of amides is 1. The van der Waals surface area contributed by atoms with Gasteiger partial charge in [-0.3, -0.25) is 4.79 Å². The Labute approximate surface area is 158 Å². The predicted octanol–water partition coefficient (Wildman–Crippen LogP) is 2.79. The Bertz CT molecular complexity index is 891. The Morgan fingerprint density at radius 2 is 1.81 bits per heavy atom. The molecular formula is C21H23N3O3. The number of hydrogen-bond acceptors (Lipinski definition) is 4. The molecule has 1 aromatic heterocycles. The summed E-state index contributed by atoms with van der Waals surface area (Å²) >= 11 is 0. The first-order valence-corrected chi connectivity index (χ1v) is 8.76. The Morgan fingerprint density at radius 1 is 1.04 bits per heavy atom. The Morgan fingerprint density at radius 3 is 2.56 bits per heavy atom. The molecule has 0 saturated carbocycles. The van der Waals surface area contributed by atoms with Gasteiger partial charge in [0, 0.05) is 12.7 Å². The molecule has 0 aliphatic heterocycles. The fourth-order valence-corrected chi connectivity index (χ4v) is 2.80. The smallest absolute Gasteiger partial charge is 0.224 e. The van der Waals surface area contributed by atoms with Crippen LogP contribution in [0.2, 0.25) is 0 Å². The molecule has 0 aliphatic rings. The number of carbonyl (C=O) groups excluding carboxylic acids is 1. The van der Waals surface area contributed by atoms with Crippen LogP contribution in [0.5, 0.6) is 11.5 Å². The summed E-state index contributed by atoms with van der Waals surface area (Å²) in [5, 5.41) is 7.26. The van der Waals surface area contributed by atoms with Crippen LogP contribution in [-0.4, -0.2) is 36.5 Å². The average Bonchev–Trinajstić information content (AvgIpc) is 3.17. The van der Waals surface area contributed by atoms with Crippen molar-refractivity contribution in [2.24, 2.45) is 0 Å². The predicted molar refractivity (Wildman–Crippen MR) is 104 cm³/mol. The SMILES string of the molecule is COc1ccc(CCNC(=O)Cc2cnn(-c3ccccc3)c2)cc1OC. The molecule has 1 amide bonds. The summed E-state index contributed by atoms with van der Waals surface area (Å²) in [6.45, 7) is 0.557. The van der Waals surface area contributed by atoms with Crippen molar-refractivity contribution in [1.82, 2.24) is 15.1 Å². The molecule has 0 bridgehead atoms. The Hall–Kier alpha value is -3.28. The molecule has 2 aromatic carbocycles. The lowest BCUT2D eigenvalue weighted by Gasteiger charge is -2.10. The fraction of sp³-hybridized carbons (Fsp3) is 0.238. The van der Waals surface area contributed by atoms with Crippen molar-refractivity contribution in [3.8, 4) is 17.2 Å². The standard InChI is InChI=1S/C21H23N3O3/c1-26-19-9-8-16(12-20(19)27-2)10-11-22-21(25)13-17-14-23-24(15-17)18-6-4-3-5-7-18/h3-9,12,14-15H,10-11,13H2,1-2H3,(H,22,25). The number of benzene rings is 2. The molecule has 0 saturated heterocycles. The Kier molecular flexibility index (Phi) is 6.10. The number of hydrogen-bond donors (Lipinski definition) is 1. The normalized spacial score (nSPS) is 10.4. The number of nitrogens with one attached hydrogen (secondary N) is 1. The molecule has 140 valence electrons. The number of ether oxygens (including phenoxy) is 2. The van der Waals surface area contributed by atoms with E-state index in [1.54, 1.807) is 25.1 Å². The van der Waals surface area contributed by atoms with Gasteiger partial charge >= 0.3 is 0 Å². The van der Waals surface area contributed by atoms with Crippen molar-refractivity contribution < 1.29 is 14.3 Å². The van der Waals surface area contributed by atoms with Crippen LogP contribution in [0.4, 0.5) is 0 Å². The van der Waals surface area contributed by atoms with Gasteiger partial charge < -0.3 is 14.8 Å². The summed E-state index contributed by atoms with van der Waals surface area (Å²) in [6.07, 6.45) is 4.62. The van der Waals surface area contributed by atoms with E-state index in [2.05, 4.69) is 10.4 Å². The van der Waals surface area contributed by atoms with Gasteiger partial charge in [0.15, 0.2) is 11.5 Å². The van der Waals surface area contributed by atoms with Gasteiger partial charge in [0.05, 0.1) is 32.5 Å². The summed E-state index contributed by atoms with van der Waals surface area (Å²) in [5.74, 6) is 1.36. The van der Waals surface area contributed by atoms with Gasteiger partial charge in [-0.1, -0.05) is 24.3 Å². The van der Waals surface area contributed by atoms with Crippen LogP contribution in [0.15, 0.2) is 60.9 Å². The molecule has 0 atom stereocenters. The van der Waals surface area contributed by atoms with Gasteiger partial charge in [-0.15, -0.1) is 0 Å². The molecule has 0 fully saturated rings. The van der Waals surface area contributed by atoms with E-state index in [0.717, 1.165) is 23.2 Å². The zero-order chi connectivity index (χ0) is 19.1. The summed E-state index contributed by atoms with van der Waals surface area (Å²) < 4.78 is 12.3. The second kappa shape index (κ2) is 8.89. The third-order valence-electron chi connectivity index (χ3n) is 4.21. The van der Waals surface area contributed by atoms with E-state index in [-0.39, 0.29) is 5.91 Å². The van der Waals surface area contributed by atoms with E-state index in [1.807, 2.05) is 54.7 Å². The molecule has 0 spiro atoms. The summed E-state index contributed by atoms with van der Waals surface area (Å²) in [6, 6.07) is 15.6. The maximum atomic E-state index is 12.2. The van der Waals surface area contributed by atoms with E-state index in [4.69, 9.17) is 9.47 Å². The lowest BCUT2D eigenvalue weighted by atomic mass is 10.1. The Balaban J connectivity index is 1.50. The zero-order valence-electron chi connectivity index (χ0n) is 15.5. The first-order valence-electron chi connectivity index (χ1n) is 8.76. The summed E-state index contributed by atoms with van der Waals surface area (Å²) in [5.41, 5.74) is 2.92. The third kappa shape index (κ3) is 4.88. The van der Waals surface area contributed by atoms with E-state index in [9.17, 15) is 4.79 Å². The van der Waals surface area contributed by atoms with Crippen LogP contribution >= 0.6 is 0 Å². The molecule has 1 heterocycles. The minimum absolute atomic E-state index is 0.0249. The van der Waals surface area contributed by atoms with Gasteiger partial charge in [0.25, 0.3) is 0 Å². The minimum atomic E-state index is -0.0249. The summed E-state index contributed by atoms with van der Waals surface area (Å²) in [7, 11) is 3.22. The first kappa shape index (κ1) is 18.5. The lowest BCUT2D eigenvalue weighted by Crippen LogP contribution is -2.27. The highest BCUT2D eigenvalue weighted by Crippen LogP contribution is 2.27. The molecule has 6 nitrogen and oxygen atoms in total. The van der Waals surface area contributed by atoms with Gasteiger partial charge in [0.1, 0.15) is 0 Å². The third-order valence-corrected chi connectivity index (χ3v) is 4.21. The molecule has 3 rings (SSSR count). The monoisotopic (exact) mass is 365 g/mol. The molecule has 1 N–H and O–H groups in total. The number of nitrogens with zero attached hydrogens (tertiary/aromatic N) is 2. The highest BCUT2D eigenvalue weighted by Gasteiger charge is 2.08. The second-order valence-corrected chi connectivity index (χ2v) is 6.09. The van der Waals surface area contributed by atoms with Gasteiger partial charge in [-0.2, -0.15) is 5.10 Å². The van der Waals surface area contributed by atoms with Gasteiger partial charge in [0.2, 0.25) is 5.91 Å². The molecule has 6 heteroatoms. The average molecular weight is 365 g/mol. The number of aromatic nitrogens is 2. The van der Waals surface area contributed by atoms with Crippen molar-refractivity contribution >= 4 is 5.91 Å². The van der Waals surface area contributed by atoms with Gasteiger partial charge in [-0.25, -0.2) is 4.68 Å². The fourth-order valence-electron chi connectivity index (χ4n) is 2.80. The van der Waals surface area contributed by atoms with E-state index in [1.165, 1.54) is 0 Å². The molecule has 0 aliphatic carbocycles.